The Hall–Kier alpha value is -1.66. The summed E-state index contributed by atoms with van der Waals surface area (Å²) in [7, 11) is 0. The first kappa shape index (κ1) is 14.3. The molecule has 0 saturated carbocycles. The van der Waals surface area contributed by atoms with E-state index in [1.165, 1.54) is 12.1 Å². The number of halogens is 3. The molecule has 0 spiro atoms. The smallest absolute Gasteiger partial charge is 0.177 e. The van der Waals surface area contributed by atoms with E-state index in [0.717, 1.165) is 10.0 Å². The van der Waals surface area contributed by atoms with E-state index in [-0.39, 0.29) is 11.6 Å². The van der Waals surface area contributed by atoms with Crippen LogP contribution in [0.15, 0.2) is 55.9 Å². The van der Waals surface area contributed by atoms with Crippen LogP contribution in [0.4, 0.5) is 10.2 Å². The molecule has 0 bridgehead atoms. The predicted molar refractivity (Wildman–Crippen MR) is 87.1 cm³/mol. The van der Waals surface area contributed by atoms with Crippen molar-refractivity contribution in [3.63, 3.8) is 0 Å². The number of hydrogen-bond donors (Lipinski definition) is 1. The van der Waals surface area contributed by atoms with Crippen LogP contribution < -0.4 is 5.73 Å². The highest BCUT2D eigenvalue weighted by Crippen LogP contribution is 2.40. The molecule has 0 saturated heterocycles. The van der Waals surface area contributed by atoms with E-state index in [1.54, 1.807) is 6.07 Å². The largest absolute Gasteiger partial charge is 0.380 e. The minimum Gasteiger partial charge on any atom is -0.380 e. The Bertz CT molecular complexity index is 797. The molecule has 0 fully saturated rings. The zero-order valence-corrected chi connectivity index (χ0v) is 13.8. The topological polar surface area (TPSA) is 52.0 Å². The number of nitrogen functional groups attached to an aromatic ring is 1. The van der Waals surface area contributed by atoms with Crippen LogP contribution >= 0.6 is 31.9 Å². The van der Waals surface area contributed by atoms with Crippen LogP contribution in [0.5, 0.6) is 0 Å². The first-order valence-corrected chi connectivity index (χ1v) is 7.61. The Labute approximate surface area is 137 Å². The molecule has 0 aliphatic rings. The highest BCUT2D eigenvalue weighted by molar-refractivity contribution is 9.10. The quantitative estimate of drug-likeness (QED) is 0.626. The third-order valence-corrected chi connectivity index (χ3v) is 4.14. The molecule has 2 aromatic carbocycles. The lowest BCUT2D eigenvalue weighted by molar-refractivity contribution is 0.435. The van der Waals surface area contributed by atoms with Gasteiger partial charge in [-0.05, 0) is 24.3 Å². The number of aromatic nitrogens is 1. The Balaban J connectivity index is 2.24. The molecule has 3 rings (SSSR count). The van der Waals surface area contributed by atoms with Gasteiger partial charge in [-0.25, -0.2) is 4.39 Å². The van der Waals surface area contributed by atoms with Gasteiger partial charge in [0.2, 0.25) is 0 Å². The summed E-state index contributed by atoms with van der Waals surface area (Å²) < 4.78 is 20.4. The maximum atomic E-state index is 13.6. The normalized spacial score (nSPS) is 10.8. The number of nitrogens with two attached hydrogens (primary N) is 1. The maximum Gasteiger partial charge on any atom is 0.177 e. The van der Waals surface area contributed by atoms with E-state index in [1.807, 2.05) is 24.3 Å². The van der Waals surface area contributed by atoms with Gasteiger partial charge in [0.1, 0.15) is 5.82 Å². The first-order valence-electron chi connectivity index (χ1n) is 6.03. The van der Waals surface area contributed by atoms with E-state index >= 15 is 0 Å². The van der Waals surface area contributed by atoms with E-state index in [2.05, 4.69) is 37.0 Å². The van der Waals surface area contributed by atoms with Crippen LogP contribution in [0.25, 0.3) is 22.5 Å². The molecule has 2 N–H and O–H groups in total. The molecule has 3 nitrogen and oxygen atoms in total. The Kier molecular flexibility index (Phi) is 3.82. The standard InChI is InChI=1S/C15H9Br2FN2O/c16-9-5-8(6-10(18)7-9)14-13(15(19)20-21-14)11-3-1-2-4-12(11)17/h1-7H,(H2,19,20). The van der Waals surface area contributed by atoms with Crippen molar-refractivity contribution in [2.24, 2.45) is 0 Å². The second-order valence-electron chi connectivity index (χ2n) is 4.41. The van der Waals surface area contributed by atoms with Gasteiger partial charge in [-0.3, -0.25) is 0 Å². The second kappa shape index (κ2) is 5.61. The van der Waals surface area contributed by atoms with Gasteiger partial charge in [0.05, 0.1) is 5.56 Å². The third-order valence-electron chi connectivity index (χ3n) is 2.99. The minimum absolute atomic E-state index is 0.261. The molecule has 21 heavy (non-hydrogen) atoms. The van der Waals surface area contributed by atoms with Crippen molar-refractivity contribution in [3.05, 3.63) is 57.2 Å². The van der Waals surface area contributed by atoms with E-state index in [0.29, 0.717) is 21.4 Å². The number of hydrogen-bond acceptors (Lipinski definition) is 3. The lowest BCUT2D eigenvalue weighted by Crippen LogP contribution is -1.90. The van der Waals surface area contributed by atoms with Crippen molar-refractivity contribution in [3.8, 4) is 22.5 Å². The lowest BCUT2D eigenvalue weighted by Gasteiger charge is -2.06. The highest BCUT2D eigenvalue weighted by Gasteiger charge is 2.20. The van der Waals surface area contributed by atoms with Crippen LogP contribution in [-0.4, -0.2) is 5.16 Å². The van der Waals surface area contributed by atoms with Crippen molar-refractivity contribution in [2.45, 2.75) is 0 Å². The van der Waals surface area contributed by atoms with Gasteiger partial charge in [0, 0.05) is 20.1 Å². The lowest BCUT2D eigenvalue weighted by atomic mass is 10.0. The summed E-state index contributed by atoms with van der Waals surface area (Å²) in [5.74, 6) is 0.323. The average molecular weight is 412 g/mol. The van der Waals surface area contributed by atoms with Crippen molar-refractivity contribution in [1.82, 2.24) is 5.16 Å². The summed E-state index contributed by atoms with van der Waals surface area (Å²) in [6, 6.07) is 12.1. The minimum atomic E-state index is -0.368. The SMILES string of the molecule is Nc1noc(-c2cc(F)cc(Br)c2)c1-c1ccccc1Br. The molecule has 0 amide bonds. The van der Waals surface area contributed by atoms with Crippen LogP contribution in [0, 0.1) is 5.82 Å². The predicted octanol–water partition coefficient (Wildman–Crippen LogP) is 5.25. The van der Waals surface area contributed by atoms with Gasteiger partial charge in [-0.2, -0.15) is 0 Å². The zero-order valence-electron chi connectivity index (χ0n) is 10.6. The number of benzene rings is 2. The molecule has 6 heteroatoms. The van der Waals surface area contributed by atoms with Gasteiger partial charge < -0.3 is 10.3 Å². The van der Waals surface area contributed by atoms with E-state index < -0.39 is 0 Å². The summed E-state index contributed by atoms with van der Waals surface area (Å²) >= 11 is 6.75. The van der Waals surface area contributed by atoms with Crippen LogP contribution in [0.1, 0.15) is 0 Å². The summed E-state index contributed by atoms with van der Waals surface area (Å²) in [4.78, 5) is 0. The highest BCUT2D eigenvalue weighted by atomic mass is 79.9. The Morgan fingerprint density at radius 2 is 1.86 bits per heavy atom. The molecule has 1 aromatic heterocycles. The first-order chi connectivity index (χ1) is 10.1. The van der Waals surface area contributed by atoms with E-state index in [9.17, 15) is 4.39 Å². The van der Waals surface area contributed by atoms with Crippen molar-refractivity contribution in [2.75, 3.05) is 5.73 Å². The van der Waals surface area contributed by atoms with Gasteiger partial charge in [-0.15, -0.1) is 0 Å². The molecule has 3 aromatic rings. The maximum absolute atomic E-state index is 13.6. The van der Waals surface area contributed by atoms with Crippen LogP contribution in [0.2, 0.25) is 0 Å². The molecule has 0 aliphatic heterocycles. The number of anilines is 1. The molecular formula is C15H9Br2FN2O. The molecule has 0 atom stereocenters. The fourth-order valence-electron chi connectivity index (χ4n) is 2.11. The molecule has 1 heterocycles. The van der Waals surface area contributed by atoms with Crippen LogP contribution in [-0.2, 0) is 0 Å². The van der Waals surface area contributed by atoms with Gasteiger partial charge in [0.25, 0.3) is 0 Å². The molecule has 106 valence electrons. The fraction of sp³-hybridized carbons (Fsp3) is 0. The van der Waals surface area contributed by atoms with E-state index in [4.69, 9.17) is 10.3 Å². The average Bonchev–Trinajstić information content (AvgIpc) is 2.80. The molecule has 0 unspecified atom stereocenters. The summed E-state index contributed by atoms with van der Waals surface area (Å²) in [5, 5.41) is 3.81. The Morgan fingerprint density at radius 1 is 1.10 bits per heavy atom. The molecule has 0 radical (unpaired) electrons. The third kappa shape index (κ3) is 2.73. The number of rotatable bonds is 2. The van der Waals surface area contributed by atoms with Crippen LogP contribution in [0.3, 0.4) is 0 Å². The van der Waals surface area contributed by atoms with Crippen molar-refractivity contribution < 1.29 is 8.91 Å². The number of nitrogens with zero attached hydrogens (tertiary/aromatic N) is 1. The van der Waals surface area contributed by atoms with Gasteiger partial charge in [0.15, 0.2) is 11.6 Å². The summed E-state index contributed by atoms with van der Waals surface area (Å²) in [6.07, 6.45) is 0. The Morgan fingerprint density at radius 3 is 2.57 bits per heavy atom. The zero-order chi connectivity index (χ0) is 15.0. The van der Waals surface area contributed by atoms with Crippen molar-refractivity contribution in [1.29, 1.82) is 0 Å². The molecular weight excluding hydrogens is 403 g/mol. The summed E-state index contributed by atoms with van der Waals surface area (Å²) in [6.45, 7) is 0. The summed E-state index contributed by atoms with van der Waals surface area (Å²) in [5.41, 5.74) is 7.97. The van der Waals surface area contributed by atoms with Gasteiger partial charge in [-0.1, -0.05) is 55.2 Å². The second-order valence-corrected chi connectivity index (χ2v) is 6.18. The fourth-order valence-corrected chi connectivity index (χ4v) is 3.06. The van der Waals surface area contributed by atoms with Gasteiger partial charge >= 0.3 is 0 Å². The molecule has 0 aliphatic carbocycles. The monoisotopic (exact) mass is 410 g/mol. The van der Waals surface area contributed by atoms with Crippen molar-refractivity contribution >= 4 is 37.7 Å².